The van der Waals surface area contributed by atoms with Crippen molar-refractivity contribution in [1.29, 1.82) is 0 Å². The molecular formula is C23H24F2N4O3. The number of carbonyl (C=O) groups excluding carboxylic acids is 1. The standard InChI is InChI=1S/C23H24F2N4O3/c1-4-5-16(30)14-8-11(2)13(10-26-14)18-20(24)19-15(29(3)23(18)32)9-17(27-21(19)25)28-22(31)12-6-7-12/h8-10,12,16,30H,4-7H2,1-3H3,(H,27,28,31)/t16-/m0/s1. The molecule has 3 heterocycles. The number of nitrogens with one attached hydrogen (secondary N) is 1. The van der Waals surface area contributed by atoms with Gasteiger partial charge >= 0.3 is 0 Å². The van der Waals surface area contributed by atoms with Gasteiger partial charge in [-0.3, -0.25) is 14.6 Å². The Morgan fingerprint density at radius 1 is 1.34 bits per heavy atom. The Labute approximate surface area is 183 Å². The number of aliphatic hydroxyl groups excluding tert-OH is 1. The molecule has 0 aromatic carbocycles. The summed E-state index contributed by atoms with van der Waals surface area (Å²) in [6, 6.07) is 2.89. The second-order valence-electron chi connectivity index (χ2n) is 8.24. The predicted molar refractivity (Wildman–Crippen MR) is 116 cm³/mol. The SMILES string of the molecule is CCC[C@H](O)c1cc(C)c(-c2c(F)c3c(F)nc(NC(=O)C4CC4)cc3n(C)c2=O)cn1. The van der Waals surface area contributed by atoms with Crippen molar-refractivity contribution in [3.8, 4) is 11.1 Å². The number of amides is 1. The number of aromatic nitrogens is 3. The second-order valence-corrected chi connectivity index (χ2v) is 8.24. The van der Waals surface area contributed by atoms with E-state index in [4.69, 9.17) is 0 Å². The lowest BCUT2D eigenvalue weighted by Crippen LogP contribution is -2.23. The molecule has 0 bridgehead atoms. The molecule has 4 rings (SSSR count). The topological polar surface area (TPSA) is 97.1 Å². The molecule has 1 saturated carbocycles. The molecule has 1 amide bonds. The van der Waals surface area contributed by atoms with E-state index in [1.54, 1.807) is 13.0 Å². The number of halogens is 2. The van der Waals surface area contributed by atoms with Crippen LogP contribution in [0.2, 0.25) is 0 Å². The fraction of sp³-hybridized carbons (Fsp3) is 0.391. The molecule has 1 fully saturated rings. The second kappa shape index (κ2) is 8.38. The van der Waals surface area contributed by atoms with E-state index >= 15 is 4.39 Å². The van der Waals surface area contributed by atoms with Crippen LogP contribution in [0.15, 0.2) is 23.1 Å². The van der Waals surface area contributed by atoms with Crippen LogP contribution in [0.3, 0.4) is 0 Å². The fourth-order valence-electron chi connectivity index (χ4n) is 3.78. The third-order valence-electron chi connectivity index (χ3n) is 5.78. The highest BCUT2D eigenvalue weighted by atomic mass is 19.1. The zero-order valence-electron chi connectivity index (χ0n) is 18.1. The largest absolute Gasteiger partial charge is 0.387 e. The molecular weight excluding hydrogens is 418 g/mol. The molecule has 0 radical (unpaired) electrons. The molecule has 32 heavy (non-hydrogen) atoms. The van der Waals surface area contributed by atoms with Crippen molar-refractivity contribution in [3.05, 3.63) is 51.7 Å². The number of fused-ring (bicyclic) bond motifs is 1. The maximum Gasteiger partial charge on any atom is 0.261 e. The number of hydrogen-bond acceptors (Lipinski definition) is 5. The van der Waals surface area contributed by atoms with Crippen LogP contribution >= 0.6 is 0 Å². The molecule has 1 aliphatic rings. The summed E-state index contributed by atoms with van der Waals surface area (Å²) in [4.78, 5) is 32.9. The van der Waals surface area contributed by atoms with Gasteiger partial charge in [-0.2, -0.15) is 4.39 Å². The summed E-state index contributed by atoms with van der Waals surface area (Å²) in [5, 5.41) is 12.3. The van der Waals surface area contributed by atoms with Crippen molar-refractivity contribution in [1.82, 2.24) is 14.5 Å². The van der Waals surface area contributed by atoms with E-state index < -0.39 is 28.8 Å². The first kappa shape index (κ1) is 22.0. The number of carbonyl (C=O) groups is 1. The minimum atomic E-state index is -1.12. The first-order valence-electron chi connectivity index (χ1n) is 10.6. The van der Waals surface area contributed by atoms with Crippen LogP contribution < -0.4 is 10.9 Å². The smallest absolute Gasteiger partial charge is 0.261 e. The third-order valence-corrected chi connectivity index (χ3v) is 5.78. The van der Waals surface area contributed by atoms with E-state index in [2.05, 4.69) is 15.3 Å². The third kappa shape index (κ3) is 3.88. The first-order valence-corrected chi connectivity index (χ1v) is 10.6. The fourth-order valence-corrected chi connectivity index (χ4v) is 3.78. The van der Waals surface area contributed by atoms with Gasteiger partial charge in [0.25, 0.3) is 5.56 Å². The van der Waals surface area contributed by atoms with E-state index in [-0.39, 0.29) is 34.3 Å². The Hall–Kier alpha value is -3.20. The Bertz CT molecular complexity index is 1280. The molecule has 3 aromatic rings. The van der Waals surface area contributed by atoms with E-state index in [1.165, 1.54) is 19.3 Å². The summed E-state index contributed by atoms with van der Waals surface area (Å²) < 4.78 is 31.5. The van der Waals surface area contributed by atoms with Gasteiger partial charge in [-0.25, -0.2) is 9.37 Å². The lowest BCUT2D eigenvalue weighted by molar-refractivity contribution is -0.117. The molecule has 0 aliphatic heterocycles. The Morgan fingerprint density at radius 2 is 2.06 bits per heavy atom. The minimum Gasteiger partial charge on any atom is -0.387 e. The van der Waals surface area contributed by atoms with Crippen LogP contribution in [0.25, 0.3) is 22.0 Å². The van der Waals surface area contributed by atoms with Crippen molar-refractivity contribution >= 4 is 22.6 Å². The van der Waals surface area contributed by atoms with E-state index in [9.17, 15) is 19.1 Å². The van der Waals surface area contributed by atoms with Gasteiger partial charge in [0.1, 0.15) is 5.82 Å². The van der Waals surface area contributed by atoms with Gasteiger partial charge in [0.15, 0.2) is 5.82 Å². The van der Waals surface area contributed by atoms with Gasteiger partial charge in [0.05, 0.1) is 28.3 Å². The monoisotopic (exact) mass is 442 g/mol. The highest BCUT2D eigenvalue weighted by molar-refractivity contribution is 5.95. The van der Waals surface area contributed by atoms with Gasteiger partial charge in [0.2, 0.25) is 11.9 Å². The Kier molecular flexibility index (Phi) is 5.77. The number of nitrogens with zero attached hydrogens (tertiary/aromatic N) is 3. The van der Waals surface area contributed by atoms with Crippen molar-refractivity contribution in [3.63, 3.8) is 0 Å². The Morgan fingerprint density at radius 3 is 2.69 bits per heavy atom. The van der Waals surface area contributed by atoms with Crippen LogP contribution in [0.5, 0.6) is 0 Å². The highest BCUT2D eigenvalue weighted by Gasteiger charge is 2.30. The summed E-state index contributed by atoms with van der Waals surface area (Å²) in [6.45, 7) is 3.61. The molecule has 9 heteroatoms. The quantitative estimate of drug-likeness (QED) is 0.567. The number of anilines is 1. The van der Waals surface area contributed by atoms with Gasteiger partial charge < -0.3 is 15.0 Å². The molecule has 0 spiro atoms. The van der Waals surface area contributed by atoms with Crippen LogP contribution in [-0.2, 0) is 11.8 Å². The first-order chi connectivity index (χ1) is 15.2. The maximum atomic E-state index is 15.5. The molecule has 7 nitrogen and oxygen atoms in total. The zero-order valence-corrected chi connectivity index (χ0v) is 18.1. The normalized spacial score (nSPS) is 14.6. The minimum absolute atomic E-state index is 0.0181. The zero-order chi connectivity index (χ0) is 23.2. The summed E-state index contributed by atoms with van der Waals surface area (Å²) in [5.41, 5.74) is 0.152. The number of rotatable bonds is 6. The molecule has 1 aliphatic carbocycles. The van der Waals surface area contributed by atoms with Crippen LogP contribution in [0.4, 0.5) is 14.6 Å². The van der Waals surface area contributed by atoms with E-state index in [1.807, 2.05) is 6.92 Å². The average molecular weight is 442 g/mol. The number of aliphatic hydroxyl groups is 1. The lowest BCUT2D eigenvalue weighted by atomic mass is 9.99. The maximum absolute atomic E-state index is 15.5. The van der Waals surface area contributed by atoms with Gasteiger partial charge in [-0.1, -0.05) is 13.3 Å². The molecule has 2 N–H and O–H groups in total. The lowest BCUT2D eigenvalue weighted by Gasteiger charge is -2.15. The number of hydrogen-bond donors (Lipinski definition) is 2. The predicted octanol–water partition coefficient (Wildman–Crippen LogP) is 3.76. The van der Waals surface area contributed by atoms with Gasteiger partial charge in [-0.05, 0) is 37.8 Å². The van der Waals surface area contributed by atoms with Crippen LogP contribution in [-0.4, -0.2) is 25.5 Å². The van der Waals surface area contributed by atoms with Gasteiger partial charge in [-0.15, -0.1) is 0 Å². The van der Waals surface area contributed by atoms with Crippen molar-refractivity contribution < 1.29 is 18.7 Å². The average Bonchev–Trinajstić information content (AvgIpc) is 3.58. The summed E-state index contributed by atoms with van der Waals surface area (Å²) in [6.07, 6.45) is 3.38. The summed E-state index contributed by atoms with van der Waals surface area (Å²) in [5.74, 6) is -2.62. The van der Waals surface area contributed by atoms with Crippen molar-refractivity contribution in [2.45, 2.75) is 45.6 Å². The molecule has 1 atom stereocenters. The molecule has 0 saturated heterocycles. The summed E-state index contributed by atoms with van der Waals surface area (Å²) in [7, 11) is 1.40. The summed E-state index contributed by atoms with van der Waals surface area (Å²) >= 11 is 0. The van der Waals surface area contributed by atoms with Crippen molar-refractivity contribution in [2.24, 2.45) is 13.0 Å². The molecule has 0 unspecified atom stereocenters. The Balaban J connectivity index is 1.84. The van der Waals surface area contributed by atoms with E-state index in [0.717, 1.165) is 23.8 Å². The molecule has 168 valence electrons. The van der Waals surface area contributed by atoms with Crippen LogP contribution in [0.1, 0.15) is 50.0 Å². The molecule has 3 aromatic heterocycles. The van der Waals surface area contributed by atoms with E-state index in [0.29, 0.717) is 17.7 Å². The van der Waals surface area contributed by atoms with Crippen LogP contribution in [0, 0.1) is 24.6 Å². The van der Waals surface area contributed by atoms with Crippen molar-refractivity contribution in [2.75, 3.05) is 5.32 Å². The number of aryl methyl sites for hydroxylation is 2. The number of pyridine rings is 3. The van der Waals surface area contributed by atoms with Gasteiger partial charge in [0, 0.05) is 30.8 Å². The highest BCUT2D eigenvalue weighted by Crippen LogP contribution is 2.32.